The van der Waals surface area contributed by atoms with E-state index in [4.69, 9.17) is 0 Å². The van der Waals surface area contributed by atoms with Crippen LogP contribution in [0.15, 0.2) is 12.4 Å². The van der Waals surface area contributed by atoms with Crippen LogP contribution in [0.2, 0.25) is 0 Å². The first-order valence-electron chi connectivity index (χ1n) is 5.59. The van der Waals surface area contributed by atoms with Crippen LogP contribution in [0.1, 0.15) is 38.9 Å². The molecule has 0 spiro atoms. The van der Waals surface area contributed by atoms with Crippen molar-refractivity contribution in [2.24, 2.45) is 0 Å². The fourth-order valence-electron chi connectivity index (χ4n) is 1.48. The molecular formula is C11H21N3. The Hall–Kier alpha value is -0.830. The molecule has 0 unspecified atom stereocenters. The zero-order chi connectivity index (χ0) is 10.2. The Kier molecular flexibility index (Phi) is 5.30. The predicted molar refractivity (Wildman–Crippen MR) is 59.1 cm³/mol. The summed E-state index contributed by atoms with van der Waals surface area (Å²) >= 11 is 0. The molecule has 0 amide bonds. The Balaban J connectivity index is 2.37. The number of nitrogens with one attached hydrogen (secondary N) is 1. The molecule has 0 saturated carbocycles. The maximum Gasteiger partial charge on any atom is 0.122 e. The van der Waals surface area contributed by atoms with Crippen molar-refractivity contribution in [3.05, 3.63) is 18.2 Å². The molecule has 80 valence electrons. The van der Waals surface area contributed by atoms with E-state index >= 15 is 0 Å². The molecule has 0 radical (unpaired) electrons. The smallest absolute Gasteiger partial charge is 0.122 e. The summed E-state index contributed by atoms with van der Waals surface area (Å²) in [4.78, 5) is 4.33. The molecule has 1 N–H and O–H groups in total. The molecule has 0 aliphatic rings. The molecule has 1 aromatic rings. The Labute approximate surface area is 86.5 Å². The van der Waals surface area contributed by atoms with Crippen LogP contribution in [0.3, 0.4) is 0 Å². The van der Waals surface area contributed by atoms with E-state index in [-0.39, 0.29) is 0 Å². The van der Waals surface area contributed by atoms with E-state index in [1.807, 2.05) is 6.20 Å². The average Bonchev–Trinajstić information content (AvgIpc) is 2.63. The standard InChI is InChI=1S/C11H21N3/c1-3-5-6-8-14-9-7-13-11(14)10-12-4-2/h7,9,12H,3-6,8,10H2,1-2H3. The molecule has 1 aromatic heterocycles. The van der Waals surface area contributed by atoms with Crippen molar-refractivity contribution in [1.82, 2.24) is 14.9 Å². The van der Waals surface area contributed by atoms with Crippen LogP contribution in [0.4, 0.5) is 0 Å². The normalized spacial score (nSPS) is 10.7. The first-order valence-corrected chi connectivity index (χ1v) is 5.59. The van der Waals surface area contributed by atoms with Gasteiger partial charge in [-0.2, -0.15) is 0 Å². The van der Waals surface area contributed by atoms with Crippen LogP contribution in [0, 0.1) is 0 Å². The van der Waals surface area contributed by atoms with Crippen molar-refractivity contribution in [2.75, 3.05) is 6.54 Å². The van der Waals surface area contributed by atoms with Gasteiger partial charge in [-0.25, -0.2) is 4.98 Å². The van der Waals surface area contributed by atoms with E-state index in [1.54, 1.807) is 0 Å². The lowest BCUT2D eigenvalue weighted by Gasteiger charge is -2.07. The Bertz CT molecular complexity index is 242. The third-order valence-corrected chi connectivity index (χ3v) is 2.34. The van der Waals surface area contributed by atoms with E-state index < -0.39 is 0 Å². The number of aromatic nitrogens is 2. The van der Waals surface area contributed by atoms with E-state index in [0.717, 1.165) is 25.5 Å². The SMILES string of the molecule is CCCCCn1ccnc1CNCC. The second-order valence-corrected chi connectivity index (χ2v) is 3.52. The highest BCUT2D eigenvalue weighted by Gasteiger charge is 2.00. The van der Waals surface area contributed by atoms with Gasteiger partial charge in [0.15, 0.2) is 0 Å². The molecule has 0 atom stereocenters. The number of nitrogens with zero attached hydrogens (tertiary/aromatic N) is 2. The van der Waals surface area contributed by atoms with Gasteiger partial charge in [-0.1, -0.05) is 26.7 Å². The van der Waals surface area contributed by atoms with Crippen molar-refractivity contribution >= 4 is 0 Å². The van der Waals surface area contributed by atoms with Crippen molar-refractivity contribution in [3.8, 4) is 0 Å². The van der Waals surface area contributed by atoms with Gasteiger partial charge < -0.3 is 9.88 Å². The largest absolute Gasteiger partial charge is 0.334 e. The van der Waals surface area contributed by atoms with E-state index in [1.165, 1.54) is 19.3 Å². The highest BCUT2D eigenvalue weighted by molar-refractivity contribution is 4.91. The molecule has 3 nitrogen and oxygen atoms in total. The number of imidazole rings is 1. The molecule has 1 rings (SSSR count). The van der Waals surface area contributed by atoms with E-state index in [2.05, 4.69) is 34.9 Å². The molecule has 1 heterocycles. The van der Waals surface area contributed by atoms with Crippen LogP contribution in [0.5, 0.6) is 0 Å². The molecular weight excluding hydrogens is 174 g/mol. The lowest BCUT2D eigenvalue weighted by Crippen LogP contribution is -2.16. The number of aryl methyl sites for hydroxylation is 1. The van der Waals surface area contributed by atoms with Gasteiger partial charge in [-0.05, 0) is 13.0 Å². The summed E-state index contributed by atoms with van der Waals surface area (Å²) in [5.74, 6) is 1.16. The molecule has 14 heavy (non-hydrogen) atoms. The van der Waals surface area contributed by atoms with Gasteiger partial charge in [0.1, 0.15) is 5.82 Å². The predicted octanol–water partition coefficient (Wildman–Crippen LogP) is 2.18. The molecule has 0 aromatic carbocycles. The molecule has 0 fully saturated rings. The van der Waals surface area contributed by atoms with Crippen LogP contribution >= 0.6 is 0 Å². The summed E-state index contributed by atoms with van der Waals surface area (Å²) in [6.45, 7) is 7.34. The zero-order valence-corrected chi connectivity index (χ0v) is 9.29. The Morgan fingerprint density at radius 2 is 2.21 bits per heavy atom. The maximum absolute atomic E-state index is 4.33. The number of rotatable bonds is 7. The van der Waals surface area contributed by atoms with Gasteiger partial charge in [0.25, 0.3) is 0 Å². The van der Waals surface area contributed by atoms with Crippen LogP contribution < -0.4 is 5.32 Å². The minimum absolute atomic E-state index is 0.885. The first-order chi connectivity index (χ1) is 6.88. The lowest BCUT2D eigenvalue weighted by atomic mass is 10.2. The second-order valence-electron chi connectivity index (χ2n) is 3.52. The zero-order valence-electron chi connectivity index (χ0n) is 9.29. The number of hydrogen-bond donors (Lipinski definition) is 1. The van der Waals surface area contributed by atoms with Crippen molar-refractivity contribution in [3.63, 3.8) is 0 Å². The fraction of sp³-hybridized carbons (Fsp3) is 0.727. The van der Waals surface area contributed by atoms with Gasteiger partial charge in [0.2, 0.25) is 0 Å². The highest BCUT2D eigenvalue weighted by atomic mass is 15.1. The summed E-state index contributed by atoms with van der Waals surface area (Å²) in [7, 11) is 0. The average molecular weight is 195 g/mol. The quantitative estimate of drug-likeness (QED) is 0.676. The van der Waals surface area contributed by atoms with Gasteiger partial charge in [-0.15, -0.1) is 0 Å². The van der Waals surface area contributed by atoms with Crippen LogP contribution in [-0.4, -0.2) is 16.1 Å². The highest BCUT2D eigenvalue weighted by Crippen LogP contribution is 2.02. The van der Waals surface area contributed by atoms with Crippen LogP contribution in [-0.2, 0) is 13.1 Å². The Morgan fingerprint density at radius 3 is 2.93 bits per heavy atom. The summed E-state index contributed by atoms with van der Waals surface area (Å²) in [5.41, 5.74) is 0. The minimum atomic E-state index is 0.885. The summed E-state index contributed by atoms with van der Waals surface area (Å²) in [6, 6.07) is 0. The first kappa shape index (κ1) is 11.2. The van der Waals surface area contributed by atoms with Gasteiger partial charge in [0, 0.05) is 18.9 Å². The third kappa shape index (κ3) is 3.50. The van der Waals surface area contributed by atoms with Crippen molar-refractivity contribution in [2.45, 2.75) is 46.2 Å². The summed E-state index contributed by atoms with van der Waals surface area (Å²) in [5, 5.41) is 3.30. The molecule has 3 heteroatoms. The Morgan fingerprint density at radius 1 is 1.36 bits per heavy atom. The molecule has 0 saturated heterocycles. The lowest BCUT2D eigenvalue weighted by molar-refractivity contribution is 0.561. The molecule has 0 aliphatic heterocycles. The minimum Gasteiger partial charge on any atom is -0.334 e. The third-order valence-electron chi connectivity index (χ3n) is 2.34. The fourth-order valence-corrected chi connectivity index (χ4v) is 1.48. The maximum atomic E-state index is 4.33. The molecule has 0 bridgehead atoms. The monoisotopic (exact) mass is 195 g/mol. The van der Waals surface area contributed by atoms with Gasteiger partial charge >= 0.3 is 0 Å². The van der Waals surface area contributed by atoms with Crippen molar-refractivity contribution in [1.29, 1.82) is 0 Å². The summed E-state index contributed by atoms with van der Waals surface area (Å²) < 4.78 is 2.25. The number of unbranched alkanes of at least 4 members (excludes halogenated alkanes) is 2. The van der Waals surface area contributed by atoms with Gasteiger partial charge in [0.05, 0.1) is 6.54 Å². The summed E-state index contributed by atoms with van der Waals surface area (Å²) in [6.07, 6.45) is 7.79. The van der Waals surface area contributed by atoms with Crippen molar-refractivity contribution < 1.29 is 0 Å². The van der Waals surface area contributed by atoms with E-state index in [9.17, 15) is 0 Å². The van der Waals surface area contributed by atoms with Gasteiger partial charge in [-0.3, -0.25) is 0 Å². The topological polar surface area (TPSA) is 29.9 Å². The second kappa shape index (κ2) is 6.60. The molecule has 0 aliphatic carbocycles. The van der Waals surface area contributed by atoms with E-state index in [0.29, 0.717) is 0 Å². The number of hydrogen-bond acceptors (Lipinski definition) is 2. The van der Waals surface area contributed by atoms with Crippen LogP contribution in [0.25, 0.3) is 0 Å².